The van der Waals surface area contributed by atoms with Crippen LogP contribution in [0.15, 0.2) is 48.5 Å². The van der Waals surface area contributed by atoms with Crippen molar-refractivity contribution in [2.75, 3.05) is 5.75 Å². The van der Waals surface area contributed by atoms with Crippen molar-refractivity contribution in [3.8, 4) is 0 Å². The third-order valence-electron chi connectivity index (χ3n) is 5.38. The molecule has 0 bridgehead atoms. The lowest BCUT2D eigenvalue weighted by Gasteiger charge is -2.28. The van der Waals surface area contributed by atoms with Crippen LogP contribution in [0.25, 0.3) is 0 Å². The summed E-state index contributed by atoms with van der Waals surface area (Å²) in [6.07, 6.45) is 3.90. The summed E-state index contributed by atoms with van der Waals surface area (Å²) in [6, 6.07) is 15.7. The van der Waals surface area contributed by atoms with Crippen LogP contribution in [0.4, 0.5) is 0 Å². The van der Waals surface area contributed by atoms with Crippen LogP contribution in [0, 0.1) is 5.92 Å². The Labute approximate surface area is 179 Å². The van der Waals surface area contributed by atoms with Crippen LogP contribution < -0.4 is 10.5 Å². The van der Waals surface area contributed by atoms with Gasteiger partial charge < -0.3 is 5.73 Å². The number of rotatable bonds is 7. The number of hydrogen-bond donors (Lipinski definition) is 2. The van der Waals surface area contributed by atoms with Crippen LogP contribution >= 0.6 is 24.0 Å². The summed E-state index contributed by atoms with van der Waals surface area (Å²) in [6.45, 7) is 0.814. The molecule has 0 aromatic heterocycles. The molecule has 0 amide bonds. The molecule has 0 saturated heterocycles. The average molecular weight is 443 g/mol. The van der Waals surface area contributed by atoms with Crippen molar-refractivity contribution in [2.24, 2.45) is 11.7 Å². The number of hydrogen-bond acceptors (Lipinski definition) is 3. The van der Waals surface area contributed by atoms with Crippen molar-refractivity contribution in [3.63, 3.8) is 0 Å². The summed E-state index contributed by atoms with van der Waals surface area (Å²) < 4.78 is 27.6. The van der Waals surface area contributed by atoms with Crippen LogP contribution in [0.1, 0.15) is 48.3 Å². The lowest BCUT2D eigenvalue weighted by Crippen LogP contribution is -2.31. The highest BCUT2D eigenvalue weighted by Gasteiger charge is 2.26. The van der Waals surface area contributed by atoms with Gasteiger partial charge in [-0.1, -0.05) is 48.0 Å². The smallest absolute Gasteiger partial charge is 0.212 e. The van der Waals surface area contributed by atoms with Crippen molar-refractivity contribution in [2.45, 2.75) is 44.7 Å². The Morgan fingerprint density at radius 1 is 1.00 bits per heavy atom. The maximum atomic E-state index is 12.4. The highest BCUT2D eigenvalue weighted by atomic mass is 35.5. The minimum atomic E-state index is -3.28. The van der Waals surface area contributed by atoms with Gasteiger partial charge in [-0.25, -0.2) is 13.1 Å². The molecule has 2 aromatic carbocycles. The summed E-state index contributed by atoms with van der Waals surface area (Å²) >= 11 is 6.09. The standard InChI is InChI=1S/C21H27ClN2O2S.ClH/c22-21-3-1-2-20(12-21)19-10-8-18(9-11-19)15-27(25,26)24-14-17-6-4-16(13-23)5-7-17;/h1-7,12,18-19,24H,8-11,13-15,23H2;1H. The summed E-state index contributed by atoms with van der Waals surface area (Å²) in [5.41, 5.74) is 8.83. The van der Waals surface area contributed by atoms with Crippen LogP contribution in [-0.4, -0.2) is 14.2 Å². The second-order valence-electron chi connectivity index (χ2n) is 7.40. The molecule has 0 unspecified atom stereocenters. The molecule has 0 radical (unpaired) electrons. The van der Waals surface area contributed by atoms with Crippen molar-refractivity contribution in [1.29, 1.82) is 0 Å². The number of nitrogens with two attached hydrogens (primary N) is 1. The van der Waals surface area contributed by atoms with E-state index in [-0.39, 0.29) is 24.1 Å². The molecule has 7 heteroatoms. The number of halogens is 2. The van der Waals surface area contributed by atoms with E-state index in [0.717, 1.165) is 41.8 Å². The molecule has 1 saturated carbocycles. The molecular formula is C21H28Cl2N2O2S. The van der Waals surface area contributed by atoms with Crippen LogP contribution in [0.3, 0.4) is 0 Å². The highest BCUT2D eigenvalue weighted by molar-refractivity contribution is 7.89. The Kier molecular flexibility index (Phi) is 8.78. The fourth-order valence-electron chi connectivity index (χ4n) is 3.78. The zero-order valence-corrected chi connectivity index (χ0v) is 18.2. The molecule has 1 aliphatic carbocycles. The quantitative estimate of drug-likeness (QED) is 0.656. The van der Waals surface area contributed by atoms with Crippen molar-refractivity contribution in [1.82, 2.24) is 4.72 Å². The van der Waals surface area contributed by atoms with Crippen molar-refractivity contribution in [3.05, 3.63) is 70.2 Å². The topological polar surface area (TPSA) is 72.2 Å². The molecule has 28 heavy (non-hydrogen) atoms. The largest absolute Gasteiger partial charge is 0.326 e. The molecule has 1 fully saturated rings. The van der Waals surface area contributed by atoms with E-state index in [4.69, 9.17) is 17.3 Å². The van der Waals surface area contributed by atoms with E-state index < -0.39 is 10.0 Å². The lowest BCUT2D eigenvalue weighted by atomic mass is 9.79. The Morgan fingerprint density at radius 2 is 1.64 bits per heavy atom. The number of benzene rings is 2. The second kappa shape index (κ2) is 10.6. The normalized spacial score (nSPS) is 19.8. The summed E-state index contributed by atoms with van der Waals surface area (Å²) in [5.74, 6) is 0.907. The van der Waals surface area contributed by atoms with E-state index in [1.54, 1.807) is 0 Å². The zero-order valence-electron chi connectivity index (χ0n) is 15.8. The first-order valence-electron chi connectivity index (χ1n) is 9.46. The van der Waals surface area contributed by atoms with Crippen LogP contribution in [0.5, 0.6) is 0 Å². The van der Waals surface area contributed by atoms with Crippen LogP contribution in [-0.2, 0) is 23.1 Å². The van der Waals surface area contributed by atoms with Gasteiger partial charge in [0.2, 0.25) is 10.0 Å². The molecular weight excluding hydrogens is 415 g/mol. The summed E-state index contributed by atoms with van der Waals surface area (Å²) in [7, 11) is -3.28. The third kappa shape index (κ3) is 6.75. The Balaban J connectivity index is 0.00000280. The first-order valence-corrected chi connectivity index (χ1v) is 11.5. The van der Waals surface area contributed by atoms with E-state index >= 15 is 0 Å². The third-order valence-corrected chi connectivity index (χ3v) is 7.11. The van der Waals surface area contributed by atoms with Gasteiger partial charge in [0.05, 0.1) is 5.75 Å². The molecule has 3 N–H and O–H groups in total. The lowest BCUT2D eigenvalue weighted by molar-refractivity contribution is 0.347. The number of sulfonamides is 1. The van der Waals surface area contributed by atoms with Gasteiger partial charge in [-0.05, 0) is 66.3 Å². The van der Waals surface area contributed by atoms with Gasteiger partial charge in [0.25, 0.3) is 0 Å². The SMILES string of the molecule is Cl.NCc1ccc(CNS(=O)(=O)CC2CCC(c3cccc(Cl)c3)CC2)cc1. The van der Waals surface area contributed by atoms with Crippen molar-refractivity contribution < 1.29 is 8.42 Å². The molecule has 1 aliphatic rings. The molecule has 0 aliphatic heterocycles. The Bertz CT molecular complexity index is 849. The van der Waals surface area contributed by atoms with Gasteiger partial charge in [0, 0.05) is 18.1 Å². The van der Waals surface area contributed by atoms with Gasteiger partial charge in [0.1, 0.15) is 0 Å². The fraction of sp³-hybridized carbons (Fsp3) is 0.429. The number of nitrogens with one attached hydrogen (secondary N) is 1. The zero-order chi connectivity index (χ0) is 19.3. The molecule has 0 atom stereocenters. The van der Waals surface area contributed by atoms with E-state index in [1.165, 1.54) is 5.56 Å². The van der Waals surface area contributed by atoms with E-state index in [1.807, 2.05) is 42.5 Å². The first kappa shape index (κ1) is 23.2. The van der Waals surface area contributed by atoms with Gasteiger partial charge in [-0.3, -0.25) is 0 Å². The summed E-state index contributed by atoms with van der Waals surface area (Å²) in [4.78, 5) is 0. The van der Waals surface area contributed by atoms with E-state index in [0.29, 0.717) is 19.0 Å². The predicted molar refractivity (Wildman–Crippen MR) is 118 cm³/mol. The minimum absolute atomic E-state index is 0. The molecule has 2 aromatic rings. The van der Waals surface area contributed by atoms with Gasteiger partial charge in [-0.2, -0.15) is 0 Å². The predicted octanol–water partition coefficient (Wildman–Crippen LogP) is 4.61. The first-order chi connectivity index (χ1) is 12.9. The van der Waals surface area contributed by atoms with Crippen molar-refractivity contribution >= 4 is 34.0 Å². The van der Waals surface area contributed by atoms with Gasteiger partial charge in [-0.15, -0.1) is 12.4 Å². The van der Waals surface area contributed by atoms with Gasteiger partial charge in [0.15, 0.2) is 0 Å². The Hall–Kier alpha value is -1.11. The average Bonchev–Trinajstić information content (AvgIpc) is 2.67. The molecule has 3 rings (SSSR count). The second-order valence-corrected chi connectivity index (χ2v) is 9.68. The fourth-order valence-corrected chi connectivity index (χ4v) is 5.44. The van der Waals surface area contributed by atoms with Gasteiger partial charge >= 0.3 is 0 Å². The molecule has 4 nitrogen and oxygen atoms in total. The molecule has 0 spiro atoms. The monoisotopic (exact) mass is 442 g/mol. The van der Waals surface area contributed by atoms with E-state index in [2.05, 4.69) is 10.8 Å². The maximum absolute atomic E-state index is 12.4. The van der Waals surface area contributed by atoms with Crippen LogP contribution in [0.2, 0.25) is 5.02 Å². The minimum Gasteiger partial charge on any atom is -0.326 e. The summed E-state index contributed by atoms with van der Waals surface area (Å²) in [5, 5.41) is 0.765. The molecule has 154 valence electrons. The highest BCUT2D eigenvalue weighted by Crippen LogP contribution is 2.36. The van der Waals surface area contributed by atoms with E-state index in [9.17, 15) is 8.42 Å². The molecule has 0 heterocycles. The maximum Gasteiger partial charge on any atom is 0.212 e. The Morgan fingerprint density at radius 3 is 2.25 bits per heavy atom.